The number of rotatable bonds is 3. The van der Waals surface area contributed by atoms with Gasteiger partial charge < -0.3 is 10.8 Å². The van der Waals surface area contributed by atoms with E-state index < -0.39 is 5.97 Å². The zero-order chi connectivity index (χ0) is 13.0. The fourth-order valence-electron chi connectivity index (χ4n) is 1.39. The number of carboxylic acid groups (broad SMARTS) is 1. The van der Waals surface area contributed by atoms with Crippen molar-refractivity contribution in [1.29, 1.82) is 0 Å². The molecule has 5 nitrogen and oxygen atoms in total. The van der Waals surface area contributed by atoms with Crippen molar-refractivity contribution >= 4 is 23.0 Å². The first-order chi connectivity index (χ1) is 8.66. The van der Waals surface area contributed by atoms with Gasteiger partial charge in [-0.15, -0.1) is 5.11 Å². The first-order valence-electron chi connectivity index (χ1n) is 5.26. The van der Waals surface area contributed by atoms with Gasteiger partial charge in [-0.1, -0.05) is 12.1 Å². The minimum Gasteiger partial charge on any atom is -0.478 e. The summed E-state index contributed by atoms with van der Waals surface area (Å²) in [4.78, 5) is 11.0. The van der Waals surface area contributed by atoms with Crippen LogP contribution in [-0.4, -0.2) is 11.1 Å². The minimum absolute atomic E-state index is 0.122. The number of nitrogen functional groups attached to an aromatic ring is 1. The first-order valence-corrected chi connectivity index (χ1v) is 5.26. The Bertz CT molecular complexity index is 591. The van der Waals surface area contributed by atoms with Crippen LogP contribution in [0.15, 0.2) is 58.8 Å². The second-order valence-corrected chi connectivity index (χ2v) is 3.61. The number of aromatic carboxylic acids is 1. The summed E-state index contributed by atoms with van der Waals surface area (Å²) in [6.45, 7) is 0. The Kier molecular flexibility index (Phi) is 3.33. The van der Waals surface area contributed by atoms with Crippen LogP contribution in [0.3, 0.4) is 0 Å². The van der Waals surface area contributed by atoms with Crippen molar-refractivity contribution in [2.24, 2.45) is 10.2 Å². The third-order valence-corrected chi connectivity index (χ3v) is 2.30. The quantitative estimate of drug-likeness (QED) is 0.637. The molecule has 90 valence electrons. The molecule has 2 rings (SSSR count). The van der Waals surface area contributed by atoms with Crippen molar-refractivity contribution < 1.29 is 9.90 Å². The molecule has 0 radical (unpaired) electrons. The van der Waals surface area contributed by atoms with Crippen molar-refractivity contribution in [3.05, 3.63) is 54.1 Å². The largest absolute Gasteiger partial charge is 0.478 e. The van der Waals surface area contributed by atoms with E-state index in [0.29, 0.717) is 17.1 Å². The van der Waals surface area contributed by atoms with Crippen LogP contribution < -0.4 is 5.73 Å². The molecule has 2 aromatic carbocycles. The second-order valence-electron chi connectivity index (χ2n) is 3.61. The third kappa shape index (κ3) is 2.70. The lowest BCUT2D eigenvalue weighted by molar-refractivity contribution is 0.0698. The molecule has 0 aliphatic rings. The number of carboxylic acids is 1. The number of hydrogen-bond acceptors (Lipinski definition) is 4. The summed E-state index contributed by atoms with van der Waals surface area (Å²) in [6, 6.07) is 13.3. The molecular formula is C13H11N3O2. The fraction of sp³-hybridized carbons (Fsp3) is 0. The molecule has 0 saturated carbocycles. The Balaban J connectivity index is 2.29. The first kappa shape index (κ1) is 11.8. The Morgan fingerprint density at radius 3 is 2.33 bits per heavy atom. The summed E-state index contributed by atoms with van der Waals surface area (Å²) in [6.07, 6.45) is 0. The predicted octanol–water partition coefficient (Wildman–Crippen LogP) is 3.38. The van der Waals surface area contributed by atoms with Crippen LogP contribution in [0.5, 0.6) is 0 Å². The van der Waals surface area contributed by atoms with Gasteiger partial charge in [0.1, 0.15) is 5.69 Å². The van der Waals surface area contributed by atoms with Crippen LogP contribution >= 0.6 is 0 Å². The zero-order valence-electron chi connectivity index (χ0n) is 9.45. The van der Waals surface area contributed by atoms with E-state index in [0.717, 1.165) is 0 Å². The molecule has 0 saturated heterocycles. The van der Waals surface area contributed by atoms with E-state index in [-0.39, 0.29) is 5.56 Å². The lowest BCUT2D eigenvalue weighted by Gasteiger charge is -1.98. The number of hydrogen-bond donors (Lipinski definition) is 2. The summed E-state index contributed by atoms with van der Waals surface area (Å²) in [5, 5.41) is 16.9. The van der Waals surface area contributed by atoms with Crippen molar-refractivity contribution in [2.45, 2.75) is 0 Å². The predicted molar refractivity (Wildman–Crippen MR) is 68.4 cm³/mol. The highest BCUT2D eigenvalue weighted by molar-refractivity contribution is 5.93. The van der Waals surface area contributed by atoms with E-state index in [9.17, 15) is 4.79 Å². The van der Waals surface area contributed by atoms with Crippen molar-refractivity contribution in [3.63, 3.8) is 0 Å². The highest BCUT2D eigenvalue weighted by Crippen LogP contribution is 2.22. The van der Waals surface area contributed by atoms with Crippen LogP contribution in [-0.2, 0) is 0 Å². The number of nitrogens with two attached hydrogens (primary N) is 1. The summed E-state index contributed by atoms with van der Waals surface area (Å²) < 4.78 is 0. The summed E-state index contributed by atoms with van der Waals surface area (Å²) >= 11 is 0. The van der Waals surface area contributed by atoms with Crippen molar-refractivity contribution in [1.82, 2.24) is 0 Å². The van der Waals surface area contributed by atoms with Gasteiger partial charge in [-0.05, 0) is 36.4 Å². The van der Waals surface area contributed by atoms with Gasteiger partial charge in [0.2, 0.25) is 0 Å². The summed E-state index contributed by atoms with van der Waals surface area (Å²) in [5.41, 5.74) is 7.24. The molecule has 0 bridgehead atoms. The highest BCUT2D eigenvalue weighted by atomic mass is 16.4. The van der Waals surface area contributed by atoms with Gasteiger partial charge in [-0.25, -0.2) is 4.79 Å². The van der Waals surface area contributed by atoms with Gasteiger partial charge in [0.05, 0.1) is 11.3 Å². The molecule has 0 atom stereocenters. The molecule has 0 fully saturated rings. The van der Waals surface area contributed by atoms with E-state index in [1.54, 1.807) is 42.5 Å². The molecule has 0 heterocycles. The average Bonchev–Trinajstić information content (AvgIpc) is 2.38. The Hall–Kier alpha value is -2.69. The standard InChI is InChI=1S/C13H11N3O2/c14-9-5-7-10(8-6-9)15-16-12-4-2-1-3-11(12)13(17)18/h1-8H,14H2,(H,17,18). The number of benzene rings is 2. The number of nitrogens with zero attached hydrogens (tertiary/aromatic N) is 2. The van der Waals surface area contributed by atoms with Gasteiger partial charge in [-0.2, -0.15) is 5.11 Å². The lowest BCUT2D eigenvalue weighted by atomic mass is 10.2. The topological polar surface area (TPSA) is 88.0 Å². The van der Waals surface area contributed by atoms with E-state index >= 15 is 0 Å². The summed E-state index contributed by atoms with van der Waals surface area (Å²) in [5.74, 6) is -1.03. The van der Waals surface area contributed by atoms with Crippen LogP contribution in [0.2, 0.25) is 0 Å². The van der Waals surface area contributed by atoms with Crippen LogP contribution in [0, 0.1) is 0 Å². The number of azo groups is 1. The van der Waals surface area contributed by atoms with Crippen LogP contribution in [0.1, 0.15) is 10.4 Å². The lowest BCUT2D eigenvalue weighted by Crippen LogP contribution is -1.95. The molecule has 18 heavy (non-hydrogen) atoms. The van der Waals surface area contributed by atoms with Crippen LogP contribution in [0.25, 0.3) is 0 Å². The molecule has 0 aliphatic carbocycles. The molecule has 0 aromatic heterocycles. The zero-order valence-corrected chi connectivity index (χ0v) is 9.45. The molecule has 5 heteroatoms. The van der Waals surface area contributed by atoms with Crippen molar-refractivity contribution in [2.75, 3.05) is 5.73 Å². The van der Waals surface area contributed by atoms with Gasteiger partial charge >= 0.3 is 5.97 Å². The Labute approximate surface area is 104 Å². The molecule has 0 unspecified atom stereocenters. The molecular weight excluding hydrogens is 230 g/mol. The monoisotopic (exact) mass is 241 g/mol. The average molecular weight is 241 g/mol. The third-order valence-electron chi connectivity index (χ3n) is 2.30. The number of carbonyl (C=O) groups is 1. The van der Waals surface area contributed by atoms with Gasteiger partial charge in [-0.3, -0.25) is 0 Å². The van der Waals surface area contributed by atoms with E-state index in [1.807, 2.05) is 0 Å². The molecule has 2 aromatic rings. The Morgan fingerprint density at radius 1 is 1.00 bits per heavy atom. The number of anilines is 1. The maximum absolute atomic E-state index is 11.0. The van der Waals surface area contributed by atoms with Crippen LogP contribution in [0.4, 0.5) is 17.1 Å². The summed E-state index contributed by atoms with van der Waals surface area (Å²) in [7, 11) is 0. The van der Waals surface area contributed by atoms with E-state index in [1.165, 1.54) is 6.07 Å². The maximum Gasteiger partial charge on any atom is 0.337 e. The highest BCUT2D eigenvalue weighted by Gasteiger charge is 2.07. The van der Waals surface area contributed by atoms with Crippen molar-refractivity contribution in [3.8, 4) is 0 Å². The molecule has 0 spiro atoms. The second kappa shape index (κ2) is 5.09. The van der Waals surface area contributed by atoms with Gasteiger partial charge in [0, 0.05) is 5.69 Å². The van der Waals surface area contributed by atoms with E-state index in [4.69, 9.17) is 10.8 Å². The Morgan fingerprint density at radius 2 is 1.67 bits per heavy atom. The maximum atomic E-state index is 11.0. The molecule has 0 amide bonds. The molecule has 3 N–H and O–H groups in total. The minimum atomic E-state index is -1.03. The molecule has 0 aliphatic heterocycles. The normalized spacial score (nSPS) is 10.7. The van der Waals surface area contributed by atoms with E-state index in [2.05, 4.69) is 10.2 Å². The smallest absolute Gasteiger partial charge is 0.337 e. The van der Waals surface area contributed by atoms with Gasteiger partial charge in [0.15, 0.2) is 0 Å². The fourth-order valence-corrected chi connectivity index (χ4v) is 1.39. The van der Waals surface area contributed by atoms with Gasteiger partial charge in [0.25, 0.3) is 0 Å². The SMILES string of the molecule is Nc1ccc(N=Nc2ccccc2C(=O)O)cc1.